The molecule has 1 aromatic carbocycles. The van der Waals surface area contributed by atoms with Crippen LogP contribution in [0.3, 0.4) is 0 Å². The molecular formula is C15H23N3O. The highest BCUT2D eigenvalue weighted by atomic mass is 16.3. The molecule has 19 heavy (non-hydrogen) atoms. The third-order valence-corrected chi connectivity index (χ3v) is 4.54. The van der Waals surface area contributed by atoms with Gasteiger partial charge in [-0.3, -0.25) is 10.3 Å². The predicted octanol–water partition coefficient (Wildman–Crippen LogP) is 1.08. The number of aliphatic hydroxyl groups is 1. The Hall–Kier alpha value is -0.940. The van der Waals surface area contributed by atoms with E-state index in [4.69, 9.17) is 0 Å². The van der Waals surface area contributed by atoms with Crippen LogP contribution in [0.2, 0.25) is 0 Å². The van der Waals surface area contributed by atoms with Gasteiger partial charge in [0, 0.05) is 24.5 Å². The van der Waals surface area contributed by atoms with Gasteiger partial charge in [0.2, 0.25) is 0 Å². The molecule has 104 valence electrons. The number of hydrazine groups is 1. The lowest BCUT2D eigenvalue weighted by Crippen LogP contribution is -2.55. The quantitative estimate of drug-likeness (QED) is 0.762. The largest absolute Gasteiger partial charge is 0.377 e. The van der Waals surface area contributed by atoms with Gasteiger partial charge in [0.15, 0.2) is 0 Å². The summed E-state index contributed by atoms with van der Waals surface area (Å²) in [6.45, 7) is 4.30. The first-order valence-electron chi connectivity index (χ1n) is 7.26. The molecule has 0 bridgehead atoms. The molecule has 0 aliphatic carbocycles. The molecule has 4 atom stereocenters. The third-order valence-electron chi connectivity index (χ3n) is 4.54. The summed E-state index contributed by atoms with van der Waals surface area (Å²) in [5, 5.41) is 9.92. The number of benzene rings is 1. The van der Waals surface area contributed by atoms with Crippen LogP contribution in [0.15, 0.2) is 30.3 Å². The molecule has 0 radical (unpaired) electrons. The monoisotopic (exact) mass is 261 g/mol. The number of rotatable bonds is 3. The van der Waals surface area contributed by atoms with Crippen molar-refractivity contribution in [3.05, 3.63) is 35.9 Å². The summed E-state index contributed by atoms with van der Waals surface area (Å²) in [5.41, 5.74) is 7.64. The Morgan fingerprint density at radius 3 is 2.79 bits per heavy atom. The zero-order chi connectivity index (χ0) is 13.2. The van der Waals surface area contributed by atoms with E-state index in [-0.39, 0.29) is 0 Å². The van der Waals surface area contributed by atoms with Gasteiger partial charge in [-0.1, -0.05) is 37.3 Å². The summed E-state index contributed by atoms with van der Waals surface area (Å²) in [6.07, 6.45) is 1.77. The van der Waals surface area contributed by atoms with Gasteiger partial charge in [-0.25, -0.2) is 5.43 Å². The van der Waals surface area contributed by atoms with Gasteiger partial charge in [0.1, 0.15) is 6.23 Å². The number of nitrogens with one attached hydrogen (secondary N) is 2. The average molecular weight is 261 g/mol. The summed E-state index contributed by atoms with van der Waals surface area (Å²) in [6, 6.07) is 11.5. The maximum Gasteiger partial charge on any atom is 0.121 e. The smallest absolute Gasteiger partial charge is 0.121 e. The van der Waals surface area contributed by atoms with Gasteiger partial charge >= 0.3 is 0 Å². The molecule has 2 aliphatic rings. The zero-order valence-electron chi connectivity index (χ0n) is 11.4. The van der Waals surface area contributed by atoms with E-state index >= 15 is 0 Å². The van der Waals surface area contributed by atoms with Crippen molar-refractivity contribution in [2.75, 3.05) is 6.54 Å². The van der Waals surface area contributed by atoms with Gasteiger partial charge in [-0.2, -0.15) is 0 Å². The first kappa shape index (κ1) is 13.1. The summed E-state index contributed by atoms with van der Waals surface area (Å²) in [7, 11) is 0. The third kappa shape index (κ3) is 2.54. The minimum atomic E-state index is -0.391. The minimum absolute atomic E-state index is 0.344. The highest BCUT2D eigenvalue weighted by molar-refractivity contribution is 5.15. The molecule has 2 saturated heterocycles. The Bertz CT molecular complexity index is 411. The van der Waals surface area contributed by atoms with E-state index < -0.39 is 6.23 Å². The number of fused-ring (bicyclic) bond motifs is 1. The Labute approximate surface area is 114 Å². The number of hydrogen-bond acceptors (Lipinski definition) is 4. The molecule has 4 unspecified atom stereocenters. The van der Waals surface area contributed by atoms with Gasteiger partial charge in [-0.05, 0) is 24.9 Å². The predicted molar refractivity (Wildman–Crippen MR) is 75.1 cm³/mol. The van der Waals surface area contributed by atoms with Crippen molar-refractivity contribution < 1.29 is 5.11 Å². The summed E-state index contributed by atoms with van der Waals surface area (Å²) >= 11 is 0. The van der Waals surface area contributed by atoms with Crippen LogP contribution in [0.4, 0.5) is 0 Å². The van der Waals surface area contributed by atoms with Crippen LogP contribution in [-0.4, -0.2) is 34.9 Å². The maximum absolute atomic E-state index is 9.92. The van der Waals surface area contributed by atoms with Crippen molar-refractivity contribution in [3.63, 3.8) is 0 Å². The summed E-state index contributed by atoms with van der Waals surface area (Å²) < 4.78 is 0. The lowest BCUT2D eigenvalue weighted by molar-refractivity contribution is 0.0368. The van der Waals surface area contributed by atoms with Gasteiger partial charge in [0.25, 0.3) is 0 Å². The fourth-order valence-corrected chi connectivity index (χ4v) is 3.55. The fourth-order valence-electron chi connectivity index (χ4n) is 3.55. The number of likely N-dealkylation sites (tertiary alicyclic amines) is 1. The van der Waals surface area contributed by atoms with Crippen LogP contribution in [-0.2, 0) is 6.54 Å². The van der Waals surface area contributed by atoms with Crippen molar-refractivity contribution in [3.8, 4) is 0 Å². The minimum Gasteiger partial charge on any atom is -0.377 e. The number of piperidine rings is 1. The Kier molecular flexibility index (Phi) is 3.84. The second kappa shape index (κ2) is 5.59. The van der Waals surface area contributed by atoms with E-state index in [0.29, 0.717) is 18.0 Å². The Morgan fingerprint density at radius 2 is 2.05 bits per heavy atom. The maximum atomic E-state index is 9.92. The van der Waals surface area contributed by atoms with Crippen LogP contribution in [0.1, 0.15) is 25.3 Å². The topological polar surface area (TPSA) is 47.5 Å². The molecule has 3 rings (SSSR count). The van der Waals surface area contributed by atoms with Crippen molar-refractivity contribution >= 4 is 0 Å². The highest BCUT2D eigenvalue weighted by Gasteiger charge is 2.44. The summed E-state index contributed by atoms with van der Waals surface area (Å²) in [4.78, 5) is 2.54. The van der Waals surface area contributed by atoms with Crippen LogP contribution in [0.25, 0.3) is 0 Å². The van der Waals surface area contributed by atoms with Gasteiger partial charge < -0.3 is 5.11 Å². The first-order valence-corrected chi connectivity index (χ1v) is 7.26. The van der Waals surface area contributed by atoms with Crippen molar-refractivity contribution in [1.29, 1.82) is 0 Å². The van der Waals surface area contributed by atoms with E-state index in [9.17, 15) is 5.11 Å². The second-order valence-corrected chi connectivity index (χ2v) is 5.64. The van der Waals surface area contributed by atoms with Crippen LogP contribution in [0.5, 0.6) is 0 Å². The highest BCUT2D eigenvalue weighted by Crippen LogP contribution is 2.30. The van der Waals surface area contributed by atoms with Crippen LogP contribution in [0, 0.1) is 5.92 Å². The lowest BCUT2D eigenvalue weighted by atomic mass is 9.84. The number of hydrogen-bond donors (Lipinski definition) is 3. The van der Waals surface area contributed by atoms with E-state index in [0.717, 1.165) is 25.9 Å². The van der Waals surface area contributed by atoms with Crippen LogP contribution >= 0.6 is 0 Å². The van der Waals surface area contributed by atoms with Crippen molar-refractivity contribution in [1.82, 2.24) is 15.8 Å². The second-order valence-electron chi connectivity index (χ2n) is 5.64. The molecular weight excluding hydrogens is 238 g/mol. The van der Waals surface area contributed by atoms with E-state index in [1.54, 1.807) is 0 Å². The fraction of sp³-hybridized carbons (Fsp3) is 0.600. The van der Waals surface area contributed by atoms with E-state index in [1.807, 2.05) is 0 Å². The van der Waals surface area contributed by atoms with Gasteiger partial charge in [0.05, 0.1) is 0 Å². The molecule has 3 N–H and O–H groups in total. The Morgan fingerprint density at radius 1 is 1.26 bits per heavy atom. The molecule has 0 spiro atoms. The molecule has 0 amide bonds. The zero-order valence-corrected chi connectivity index (χ0v) is 11.4. The molecule has 0 saturated carbocycles. The van der Waals surface area contributed by atoms with Crippen LogP contribution < -0.4 is 10.9 Å². The molecule has 2 aliphatic heterocycles. The molecule has 1 aromatic rings. The van der Waals surface area contributed by atoms with Crippen molar-refractivity contribution in [2.45, 2.75) is 44.6 Å². The van der Waals surface area contributed by atoms with E-state index in [2.05, 4.69) is 53.0 Å². The number of aliphatic hydroxyl groups excluding tert-OH is 1. The molecule has 0 aromatic heterocycles. The number of nitrogens with zero attached hydrogens (tertiary/aromatic N) is 1. The van der Waals surface area contributed by atoms with Gasteiger partial charge in [-0.15, -0.1) is 0 Å². The molecule has 2 fully saturated rings. The Balaban J connectivity index is 1.72. The molecule has 4 nitrogen and oxygen atoms in total. The normalized spacial score (nSPS) is 35.3. The average Bonchev–Trinajstić information content (AvgIpc) is 2.82. The van der Waals surface area contributed by atoms with E-state index in [1.165, 1.54) is 5.56 Å². The first-order chi connectivity index (χ1) is 9.29. The molecule has 4 heteroatoms. The SMILES string of the molecule is CCC1C2NNC(O)C2CCN1Cc1ccccc1. The van der Waals surface area contributed by atoms with Crippen molar-refractivity contribution in [2.24, 2.45) is 5.92 Å². The standard InChI is InChI=1S/C15H23N3O/c1-2-13-14-12(15(19)17-16-14)8-9-18(13)10-11-6-4-3-5-7-11/h3-7,12-17,19H,2,8-10H2,1H3. The summed E-state index contributed by atoms with van der Waals surface area (Å²) in [5.74, 6) is 0.344. The molecule has 2 heterocycles. The lowest BCUT2D eigenvalue weighted by Gasteiger charge is -2.42.